The highest BCUT2D eigenvalue weighted by atomic mass is 31.1. The highest BCUT2D eigenvalue weighted by Gasteiger charge is 2.26. The van der Waals surface area contributed by atoms with Crippen LogP contribution in [0, 0.1) is 0 Å². The van der Waals surface area contributed by atoms with E-state index < -0.39 is 0 Å². The van der Waals surface area contributed by atoms with Gasteiger partial charge in [0.25, 0.3) is 0 Å². The average molecular weight is 332 g/mol. The van der Waals surface area contributed by atoms with Gasteiger partial charge in [0, 0.05) is 23.9 Å². The van der Waals surface area contributed by atoms with Crippen molar-refractivity contribution in [2.24, 2.45) is 0 Å². The van der Waals surface area contributed by atoms with Crippen molar-refractivity contribution < 1.29 is 0 Å². The number of rotatable bonds is 3. The van der Waals surface area contributed by atoms with E-state index in [9.17, 15) is 0 Å². The maximum absolute atomic E-state index is 2.51. The van der Waals surface area contributed by atoms with E-state index >= 15 is 0 Å². The third-order valence-corrected chi connectivity index (χ3v) is 6.78. The molecule has 0 spiro atoms. The summed E-state index contributed by atoms with van der Waals surface area (Å²) in [4.78, 5) is 5.02. The summed E-state index contributed by atoms with van der Waals surface area (Å²) in [6.45, 7) is 0.944. The Hall–Kier alpha value is -2.31. The Morgan fingerprint density at radius 3 is 1.42 bits per heavy atom. The second-order valence-corrected chi connectivity index (χ2v) is 8.21. The zero-order valence-corrected chi connectivity index (χ0v) is 14.5. The Morgan fingerprint density at radius 2 is 0.958 bits per heavy atom. The van der Waals surface area contributed by atoms with Gasteiger partial charge in [-0.2, -0.15) is 0 Å². The Kier molecular flexibility index (Phi) is 4.49. The lowest BCUT2D eigenvalue weighted by molar-refractivity contribution is 0.800. The van der Waals surface area contributed by atoms with Crippen LogP contribution in [-0.2, 0) is 0 Å². The highest BCUT2D eigenvalue weighted by Crippen LogP contribution is 2.42. The van der Waals surface area contributed by atoms with Gasteiger partial charge in [0.1, 0.15) is 0 Å². The molecule has 0 bridgehead atoms. The van der Waals surface area contributed by atoms with Crippen LogP contribution in [0.15, 0.2) is 91.0 Å². The van der Waals surface area contributed by atoms with Crippen LogP contribution in [0.5, 0.6) is 0 Å². The minimum atomic E-state index is -0.241. The number of benzene rings is 3. The summed E-state index contributed by atoms with van der Waals surface area (Å²) >= 11 is 0. The number of nitrogens with zero attached hydrogens (tertiary/aromatic N) is 2. The lowest BCUT2D eigenvalue weighted by Crippen LogP contribution is -2.45. The normalized spacial score (nSPS) is 15.5. The predicted octanol–water partition coefficient (Wildman–Crippen LogP) is 4.69. The molecular weight excluding hydrogens is 311 g/mol. The summed E-state index contributed by atoms with van der Waals surface area (Å²) in [7, 11) is -0.241. The zero-order valence-electron chi connectivity index (χ0n) is 13.6. The first-order chi connectivity index (χ1) is 11.9. The van der Waals surface area contributed by atoms with Crippen LogP contribution in [0.1, 0.15) is 0 Å². The lowest BCUT2D eigenvalue weighted by atomic mass is 10.3. The maximum Gasteiger partial charge on any atom is 0.0910 e. The topological polar surface area (TPSA) is 6.48 Å². The highest BCUT2D eigenvalue weighted by molar-refractivity contribution is 7.65. The van der Waals surface area contributed by atoms with Gasteiger partial charge >= 0.3 is 0 Å². The Balaban J connectivity index is 1.66. The SMILES string of the molecule is c1ccc(N2CN(c3ccccc3)CP(c3ccccc3)C2)cc1. The van der Waals surface area contributed by atoms with Crippen molar-refractivity contribution in [2.45, 2.75) is 0 Å². The summed E-state index contributed by atoms with van der Waals surface area (Å²) in [5.41, 5.74) is 2.61. The molecule has 0 aliphatic carbocycles. The monoisotopic (exact) mass is 332 g/mol. The molecule has 3 aromatic rings. The van der Waals surface area contributed by atoms with E-state index in [0.717, 1.165) is 19.2 Å². The fourth-order valence-corrected chi connectivity index (χ4v) is 5.50. The van der Waals surface area contributed by atoms with Crippen molar-refractivity contribution in [1.29, 1.82) is 0 Å². The standard InChI is InChI=1S/C21H21N2P/c1-4-10-19(11-5-1)22-16-23(20-12-6-2-7-13-20)18-24(17-22)21-14-8-3-9-15-21/h1-15H,16-18H2. The molecule has 0 radical (unpaired) electrons. The average Bonchev–Trinajstić information content (AvgIpc) is 2.70. The van der Waals surface area contributed by atoms with E-state index in [2.05, 4.69) is 101 Å². The molecule has 0 saturated carbocycles. The van der Waals surface area contributed by atoms with E-state index in [-0.39, 0.29) is 7.92 Å². The van der Waals surface area contributed by atoms with Crippen molar-refractivity contribution >= 4 is 24.6 Å². The van der Waals surface area contributed by atoms with Gasteiger partial charge in [0.2, 0.25) is 0 Å². The van der Waals surface area contributed by atoms with E-state index in [0.29, 0.717) is 0 Å². The molecule has 1 aliphatic rings. The molecule has 1 heterocycles. The summed E-state index contributed by atoms with van der Waals surface area (Å²) in [6, 6.07) is 32.5. The number of hydrogen-bond donors (Lipinski definition) is 0. The molecule has 0 aromatic heterocycles. The molecule has 1 fully saturated rings. The van der Waals surface area contributed by atoms with Gasteiger partial charge in [-0.3, -0.25) is 0 Å². The first-order valence-electron chi connectivity index (χ1n) is 8.30. The van der Waals surface area contributed by atoms with E-state index in [1.807, 2.05) is 0 Å². The Labute approximate surface area is 145 Å². The van der Waals surface area contributed by atoms with Gasteiger partial charge in [-0.25, -0.2) is 0 Å². The van der Waals surface area contributed by atoms with E-state index in [1.54, 1.807) is 0 Å². The Bertz CT molecular complexity index is 647. The first-order valence-corrected chi connectivity index (χ1v) is 10.0. The predicted molar refractivity (Wildman–Crippen MR) is 105 cm³/mol. The summed E-state index contributed by atoms with van der Waals surface area (Å²) in [6.07, 6.45) is 2.24. The Morgan fingerprint density at radius 1 is 0.542 bits per heavy atom. The minimum Gasteiger partial charge on any atom is -0.349 e. The molecule has 0 amide bonds. The van der Waals surface area contributed by atoms with Crippen LogP contribution in [0.2, 0.25) is 0 Å². The second kappa shape index (κ2) is 7.07. The third kappa shape index (κ3) is 3.29. The molecule has 2 nitrogen and oxygen atoms in total. The van der Waals surface area contributed by atoms with Crippen molar-refractivity contribution in [3.8, 4) is 0 Å². The zero-order chi connectivity index (χ0) is 16.2. The molecule has 4 rings (SSSR count). The van der Waals surface area contributed by atoms with E-state index in [4.69, 9.17) is 0 Å². The van der Waals surface area contributed by atoms with Gasteiger partial charge in [0.05, 0.1) is 6.67 Å². The summed E-state index contributed by atoms with van der Waals surface area (Å²) < 4.78 is 0. The molecule has 3 aromatic carbocycles. The lowest BCUT2D eigenvalue weighted by Gasteiger charge is -2.43. The van der Waals surface area contributed by atoms with Crippen LogP contribution in [0.25, 0.3) is 0 Å². The number of para-hydroxylation sites is 2. The third-order valence-electron chi connectivity index (χ3n) is 4.39. The second-order valence-electron chi connectivity index (χ2n) is 6.05. The van der Waals surface area contributed by atoms with Crippen LogP contribution >= 0.6 is 7.92 Å². The fourth-order valence-electron chi connectivity index (χ4n) is 3.16. The molecule has 1 saturated heterocycles. The molecule has 3 heteroatoms. The van der Waals surface area contributed by atoms with Crippen LogP contribution in [0.3, 0.4) is 0 Å². The number of hydrogen-bond acceptors (Lipinski definition) is 2. The fraction of sp³-hybridized carbons (Fsp3) is 0.143. The van der Waals surface area contributed by atoms with E-state index in [1.165, 1.54) is 16.7 Å². The van der Waals surface area contributed by atoms with Crippen LogP contribution < -0.4 is 15.1 Å². The van der Waals surface area contributed by atoms with Gasteiger partial charge in [-0.05, 0) is 37.5 Å². The first kappa shape index (κ1) is 15.2. The van der Waals surface area contributed by atoms with Crippen LogP contribution in [0.4, 0.5) is 11.4 Å². The summed E-state index contributed by atoms with van der Waals surface area (Å²) in [5, 5.41) is 1.48. The van der Waals surface area contributed by atoms with Crippen LogP contribution in [-0.4, -0.2) is 19.2 Å². The molecule has 1 aliphatic heterocycles. The van der Waals surface area contributed by atoms with Gasteiger partial charge in [-0.15, -0.1) is 0 Å². The molecular formula is C21H21N2P. The van der Waals surface area contributed by atoms with Gasteiger partial charge in [-0.1, -0.05) is 66.7 Å². The van der Waals surface area contributed by atoms with Crippen molar-refractivity contribution in [3.05, 3.63) is 91.0 Å². The molecule has 0 unspecified atom stereocenters. The molecule has 24 heavy (non-hydrogen) atoms. The molecule has 120 valence electrons. The van der Waals surface area contributed by atoms with Crippen molar-refractivity contribution in [3.63, 3.8) is 0 Å². The summed E-state index contributed by atoms with van der Waals surface area (Å²) in [5.74, 6) is 0. The minimum absolute atomic E-state index is 0.241. The maximum atomic E-state index is 2.51. The largest absolute Gasteiger partial charge is 0.349 e. The molecule has 0 N–H and O–H groups in total. The van der Waals surface area contributed by atoms with Gasteiger partial charge < -0.3 is 9.80 Å². The van der Waals surface area contributed by atoms with Gasteiger partial charge in [0.15, 0.2) is 0 Å². The van der Waals surface area contributed by atoms with Crippen molar-refractivity contribution in [1.82, 2.24) is 0 Å². The number of anilines is 2. The smallest absolute Gasteiger partial charge is 0.0910 e. The quantitative estimate of drug-likeness (QED) is 0.642. The molecule has 0 atom stereocenters. The van der Waals surface area contributed by atoms with Crippen molar-refractivity contribution in [2.75, 3.05) is 29.0 Å².